The molecule has 0 spiro atoms. The molecular weight excluding hydrogens is 416 g/mol. The van der Waals surface area contributed by atoms with E-state index >= 15 is 0 Å². The minimum atomic E-state index is -0.646. The molecule has 4 rings (SSSR count). The van der Waals surface area contributed by atoms with Crippen LogP contribution in [0.3, 0.4) is 0 Å². The molecule has 2 aromatic heterocycles. The van der Waals surface area contributed by atoms with Crippen LogP contribution in [0.2, 0.25) is 0 Å². The Morgan fingerprint density at radius 3 is 2.42 bits per heavy atom. The molecule has 2 heterocycles. The normalized spacial score (nSPS) is 11.7. The summed E-state index contributed by atoms with van der Waals surface area (Å²) in [6.07, 6.45) is 2.83. The zero-order valence-corrected chi connectivity index (χ0v) is 18.4. The summed E-state index contributed by atoms with van der Waals surface area (Å²) in [6, 6.07) is 17.8. The fraction of sp³-hybridized carbons (Fsp3) is 0.231. The van der Waals surface area contributed by atoms with Crippen LogP contribution in [0.5, 0.6) is 0 Å². The molecule has 33 heavy (non-hydrogen) atoms. The summed E-state index contributed by atoms with van der Waals surface area (Å²) >= 11 is 0. The molecule has 0 aliphatic rings. The van der Waals surface area contributed by atoms with Crippen LogP contribution in [0.15, 0.2) is 71.5 Å². The lowest BCUT2D eigenvalue weighted by atomic mass is 10.1. The third-order valence-electron chi connectivity index (χ3n) is 5.10. The number of hydrogen-bond acceptors (Lipinski definition) is 6. The number of aliphatic hydroxyl groups excluding tert-OH is 2. The van der Waals surface area contributed by atoms with Gasteiger partial charge in [0.25, 0.3) is 0 Å². The van der Waals surface area contributed by atoms with E-state index in [9.17, 15) is 5.11 Å². The maximum absolute atomic E-state index is 9.80. The van der Waals surface area contributed by atoms with Gasteiger partial charge in [0.15, 0.2) is 5.76 Å². The molecule has 7 heteroatoms. The largest absolute Gasteiger partial charge is 0.395 e. The van der Waals surface area contributed by atoms with Crippen molar-refractivity contribution in [2.45, 2.75) is 26.1 Å². The van der Waals surface area contributed by atoms with Gasteiger partial charge in [-0.3, -0.25) is 0 Å². The molecule has 3 N–H and O–H groups in total. The Morgan fingerprint density at radius 2 is 1.76 bits per heavy atom. The van der Waals surface area contributed by atoms with Gasteiger partial charge in [-0.25, -0.2) is 4.98 Å². The van der Waals surface area contributed by atoms with Crippen LogP contribution in [0.4, 0.5) is 0 Å². The van der Waals surface area contributed by atoms with E-state index in [1.807, 2.05) is 65.4 Å². The molecule has 4 aromatic rings. The lowest BCUT2D eigenvalue weighted by Gasteiger charge is -2.07. The smallest absolute Gasteiger partial charge is 0.167 e. The van der Waals surface area contributed by atoms with Crippen LogP contribution >= 0.6 is 0 Å². The predicted octanol–water partition coefficient (Wildman–Crippen LogP) is 3.12. The first-order valence-corrected chi connectivity index (χ1v) is 10.8. The van der Waals surface area contributed by atoms with Gasteiger partial charge in [0.1, 0.15) is 17.6 Å². The van der Waals surface area contributed by atoms with Crippen LogP contribution in [0, 0.1) is 11.8 Å². The van der Waals surface area contributed by atoms with Crippen molar-refractivity contribution >= 4 is 0 Å². The molecule has 1 atom stereocenters. The van der Waals surface area contributed by atoms with Crippen molar-refractivity contribution in [3.05, 3.63) is 95.2 Å². The number of nitrogens with zero attached hydrogens (tertiary/aromatic N) is 3. The number of imidazole rings is 1. The Bertz CT molecular complexity index is 1230. The zero-order valence-electron chi connectivity index (χ0n) is 18.4. The molecule has 0 saturated carbocycles. The summed E-state index contributed by atoms with van der Waals surface area (Å²) in [6.45, 7) is 3.61. The summed E-state index contributed by atoms with van der Waals surface area (Å²) in [4.78, 5) is 4.18. The van der Waals surface area contributed by atoms with E-state index in [0.29, 0.717) is 24.7 Å². The van der Waals surface area contributed by atoms with Crippen LogP contribution in [-0.4, -0.2) is 38.1 Å². The molecule has 0 bridgehead atoms. The number of hydrogen-bond donors (Lipinski definition) is 3. The van der Waals surface area contributed by atoms with Crippen molar-refractivity contribution in [2.24, 2.45) is 0 Å². The van der Waals surface area contributed by atoms with E-state index < -0.39 is 6.10 Å². The third-order valence-corrected chi connectivity index (χ3v) is 5.10. The number of aliphatic hydroxyl groups is 2. The number of nitrogens with one attached hydrogen (secondary N) is 1. The van der Waals surface area contributed by atoms with Crippen molar-refractivity contribution in [1.82, 2.24) is 20.0 Å². The molecule has 7 nitrogen and oxygen atoms in total. The second-order valence-corrected chi connectivity index (χ2v) is 7.70. The van der Waals surface area contributed by atoms with Gasteiger partial charge in [0.2, 0.25) is 0 Å². The van der Waals surface area contributed by atoms with E-state index in [1.54, 1.807) is 13.1 Å². The Morgan fingerprint density at radius 1 is 1.06 bits per heavy atom. The first kappa shape index (κ1) is 22.5. The number of benzene rings is 2. The molecule has 168 valence electrons. The van der Waals surface area contributed by atoms with Gasteiger partial charge in [-0.2, -0.15) is 0 Å². The standard InChI is InChI=1S/C26H26N4O3/c1-19(32)26-28-12-14-30(26)18-24-16-25(33-29-24)23-10-8-21(9-11-23)3-2-20-4-6-22(7-5-20)17-27-13-15-31/h4-12,14,16,19,27,31-32H,13,15,17-18H2,1H3. The Balaban J connectivity index is 1.39. The van der Waals surface area contributed by atoms with E-state index in [1.165, 1.54) is 0 Å². The average Bonchev–Trinajstić information content (AvgIpc) is 3.49. The molecule has 1 unspecified atom stereocenters. The molecule has 0 fully saturated rings. The van der Waals surface area contributed by atoms with Crippen LogP contribution in [0.1, 0.15) is 41.2 Å². The van der Waals surface area contributed by atoms with Gasteiger partial charge in [0.05, 0.1) is 13.2 Å². The highest BCUT2D eigenvalue weighted by Gasteiger charge is 2.12. The monoisotopic (exact) mass is 442 g/mol. The lowest BCUT2D eigenvalue weighted by molar-refractivity contribution is 0.184. The fourth-order valence-corrected chi connectivity index (χ4v) is 3.40. The van der Waals surface area contributed by atoms with Gasteiger partial charge in [-0.05, 0) is 48.9 Å². The highest BCUT2D eigenvalue weighted by Crippen LogP contribution is 2.22. The predicted molar refractivity (Wildman–Crippen MR) is 125 cm³/mol. The van der Waals surface area contributed by atoms with Crippen molar-refractivity contribution < 1.29 is 14.7 Å². The highest BCUT2D eigenvalue weighted by molar-refractivity contribution is 5.59. The molecule has 0 saturated heterocycles. The molecule has 0 radical (unpaired) electrons. The lowest BCUT2D eigenvalue weighted by Crippen LogP contribution is -2.17. The van der Waals surface area contributed by atoms with Crippen molar-refractivity contribution in [2.75, 3.05) is 13.2 Å². The minimum Gasteiger partial charge on any atom is -0.395 e. The van der Waals surface area contributed by atoms with Gasteiger partial charge in [0, 0.05) is 48.2 Å². The second kappa shape index (κ2) is 10.7. The van der Waals surface area contributed by atoms with Gasteiger partial charge in [-0.1, -0.05) is 29.1 Å². The second-order valence-electron chi connectivity index (χ2n) is 7.70. The van der Waals surface area contributed by atoms with E-state index in [2.05, 4.69) is 27.3 Å². The maximum atomic E-state index is 9.80. The first-order valence-electron chi connectivity index (χ1n) is 10.8. The first-order chi connectivity index (χ1) is 16.1. The zero-order chi connectivity index (χ0) is 23.0. The van der Waals surface area contributed by atoms with Crippen molar-refractivity contribution in [3.63, 3.8) is 0 Å². The molecule has 0 aliphatic carbocycles. The van der Waals surface area contributed by atoms with Gasteiger partial charge < -0.3 is 24.6 Å². The Labute approximate surface area is 192 Å². The summed E-state index contributed by atoms with van der Waals surface area (Å²) in [5.41, 5.74) is 4.68. The van der Waals surface area contributed by atoms with Crippen LogP contribution in [0.25, 0.3) is 11.3 Å². The average molecular weight is 443 g/mol. The van der Waals surface area contributed by atoms with E-state index in [4.69, 9.17) is 9.63 Å². The summed E-state index contributed by atoms with van der Waals surface area (Å²) in [5, 5.41) is 25.9. The molecular formula is C26H26N4O3. The quantitative estimate of drug-likeness (QED) is 0.287. The Kier molecular flexibility index (Phi) is 7.33. The minimum absolute atomic E-state index is 0.135. The number of aromatic nitrogens is 3. The molecule has 2 aromatic carbocycles. The molecule has 0 amide bonds. The van der Waals surface area contributed by atoms with Gasteiger partial charge in [-0.15, -0.1) is 0 Å². The molecule has 0 aliphatic heterocycles. The van der Waals surface area contributed by atoms with Crippen LogP contribution < -0.4 is 5.32 Å². The summed E-state index contributed by atoms with van der Waals surface area (Å²) in [7, 11) is 0. The Hall–Kier alpha value is -3.70. The van der Waals surface area contributed by atoms with E-state index in [-0.39, 0.29) is 6.61 Å². The summed E-state index contributed by atoms with van der Waals surface area (Å²) < 4.78 is 7.36. The van der Waals surface area contributed by atoms with Gasteiger partial charge >= 0.3 is 0 Å². The third kappa shape index (κ3) is 5.96. The SMILES string of the molecule is CC(O)c1nccn1Cc1cc(-c2ccc(C#Cc3ccc(CNCCO)cc3)cc2)on1. The van der Waals surface area contributed by atoms with E-state index in [0.717, 1.165) is 34.5 Å². The number of rotatable bonds is 8. The maximum Gasteiger partial charge on any atom is 0.167 e. The highest BCUT2D eigenvalue weighted by atomic mass is 16.5. The van der Waals surface area contributed by atoms with Crippen LogP contribution in [-0.2, 0) is 13.1 Å². The van der Waals surface area contributed by atoms with Crippen molar-refractivity contribution in [3.8, 4) is 23.2 Å². The van der Waals surface area contributed by atoms with Crippen molar-refractivity contribution in [1.29, 1.82) is 0 Å². The summed E-state index contributed by atoms with van der Waals surface area (Å²) in [5.74, 6) is 7.63. The fourth-order valence-electron chi connectivity index (χ4n) is 3.40. The topological polar surface area (TPSA) is 96.3 Å².